The summed E-state index contributed by atoms with van der Waals surface area (Å²) in [6.07, 6.45) is 1.19. The Morgan fingerprint density at radius 2 is 2.11 bits per heavy atom. The van der Waals surface area contributed by atoms with Crippen LogP contribution in [0.1, 0.15) is 5.56 Å². The van der Waals surface area contributed by atoms with Crippen LogP contribution in [-0.2, 0) is 6.42 Å². The van der Waals surface area contributed by atoms with Gasteiger partial charge in [0.1, 0.15) is 11.9 Å². The maximum Gasteiger partial charge on any atom is 0.130 e. The van der Waals surface area contributed by atoms with Crippen molar-refractivity contribution in [3.8, 4) is 16.9 Å². The molecule has 0 saturated carbocycles. The van der Waals surface area contributed by atoms with Crippen molar-refractivity contribution < 1.29 is 4.74 Å². The van der Waals surface area contributed by atoms with Gasteiger partial charge in [0.15, 0.2) is 0 Å². The van der Waals surface area contributed by atoms with Gasteiger partial charge in [0, 0.05) is 23.6 Å². The Labute approximate surface area is 118 Å². The SMILES string of the molecule is CNC[C@H]1Cc2cccc(-c3cccc(Cl)c3)c2O1. The number of hydrogen-bond donors (Lipinski definition) is 1. The molecule has 19 heavy (non-hydrogen) atoms. The van der Waals surface area contributed by atoms with Gasteiger partial charge in [0.2, 0.25) is 0 Å². The molecular formula is C16H16ClNO. The smallest absolute Gasteiger partial charge is 0.130 e. The van der Waals surface area contributed by atoms with E-state index in [1.165, 1.54) is 5.56 Å². The zero-order valence-corrected chi connectivity index (χ0v) is 11.6. The third-order valence-corrected chi connectivity index (χ3v) is 3.63. The molecule has 0 aromatic heterocycles. The molecule has 2 aromatic rings. The summed E-state index contributed by atoms with van der Waals surface area (Å²) in [5.41, 5.74) is 3.51. The van der Waals surface area contributed by atoms with Crippen molar-refractivity contribution in [3.05, 3.63) is 53.1 Å². The van der Waals surface area contributed by atoms with Crippen molar-refractivity contribution in [1.82, 2.24) is 5.32 Å². The summed E-state index contributed by atoms with van der Waals surface area (Å²) in [5, 5.41) is 3.92. The van der Waals surface area contributed by atoms with Crippen molar-refractivity contribution in [3.63, 3.8) is 0 Å². The van der Waals surface area contributed by atoms with Gasteiger partial charge in [-0.25, -0.2) is 0 Å². The molecule has 0 aliphatic carbocycles. The van der Waals surface area contributed by atoms with Crippen molar-refractivity contribution in [1.29, 1.82) is 0 Å². The number of benzene rings is 2. The summed E-state index contributed by atoms with van der Waals surface area (Å²) in [7, 11) is 1.95. The van der Waals surface area contributed by atoms with Gasteiger partial charge in [0.05, 0.1) is 0 Å². The van der Waals surface area contributed by atoms with Crippen LogP contribution in [-0.4, -0.2) is 19.7 Å². The van der Waals surface area contributed by atoms with Gasteiger partial charge in [-0.05, 0) is 30.3 Å². The Morgan fingerprint density at radius 3 is 2.89 bits per heavy atom. The predicted molar refractivity (Wildman–Crippen MR) is 78.9 cm³/mol. The predicted octanol–water partition coefficient (Wildman–Crippen LogP) is 3.53. The highest BCUT2D eigenvalue weighted by atomic mass is 35.5. The highest BCUT2D eigenvalue weighted by Gasteiger charge is 2.24. The number of rotatable bonds is 3. The Hall–Kier alpha value is -1.51. The summed E-state index contributed by atoms with van der Waals surface area (Å²) >= 11 is 6.07. The molecule has 1 atom stereocenters. The van der Waals surface area contributed by atoms with Gasteiger partial charge in [-0.2, -0.15) is 0 Å². The summed E-state index contributed by atoms with van der Waals surface area (Å²) in [6.45, 7) is 0.865. The van der Waals surface area contributed by atoms with Crippen LogP contribution in [0, 0.1) is 0 Å². The zero-order valence-electron chi connectivity index (χ0n) is 10.8. The highest BCUT2D eigenvalue weighted by Crippen LogP contribution is 2.39. The summed E-state index contributed by atoms with van der Waals surface area (Å²) in [4.78, 5) is 0. The van der Waals surface area contributed by atoms with E-state index in [9.17, 15) is 0 Å². The molecule has 1 heterocycles. The third kappa shape index (κ3) is 2.46. The van der Waals surface area contributed by atoms with Crippen molar-refractivity contribution in [2.45, 2.75) is 12.5 Å². The van der Waals surface area contributed by atoms with Crippen LogP contribution in [0.15, 0.2) is 42.5 Å². The minimum Gasteiger partial charge on any atom is -0.488 e. The minimum absolute atomic E-state index is 0.223. The minimum atomic E-state index is 0.223. The number of ether oxygens (including phenoxy) is 1. The Balaban J connectivity index is 2.00. The topological polar surface area (TPSA) is 21.3 Å². The lowest BCUT2D eigenvalue weighted by Crippen LogP contribution is -2.27. The summed E-state index contributed by atoms with van der Waals surface area (Å²) in [5.74, 6) is 1.00. The fraction of sp³-hybridized carbons (Fsp3) is 0.250. The molecule has 1 aliphatic heterocycles. The largest absolute Gasteiger partial charge is 0.488 e. The summed E-state index contributed by atoms with van der Waals surface area (Å²) < 4.78 is 6.07. The molecule has 0 fully saturated rings. The van der Waals surface area contributed by atoms with E-state index < -0.39 is 0 Å². The molecule has 1 aliphatic rings. The second-order valence-electron chi connectivity index (χ2n) is 4.81. The van der Waals surface area contributed by atoms with E-state index in [4.69, 9.17) is 16.3 Å². The Morgan fingerprint density at radius 1 is 1.26 bits per heavy atom. The lowest BCUT2D eigenvalue weighted by atomic mass is 10.0. The highest BCUT2D eigenvalue weighted by molar-refractivity contribution is 6.30. The normalized spacial score (nSPS) is 17.1. The zero-order chi connectivity index (χ0) is 13.2. The average molecular weight is 274 g/mol. The second kappa shape index (κ2) is 5.24. The maximum absolute atomic E-state index is 6.07. The Kier molecular flexibility index (Phi) is 3.45. The molecule has 3 heteroatoms. The molecule has 3 rings (SSSR count). The van der Waals surface area contributed by atoms with E-state index in [-0.39, 0.29) is 6.10 Å². The van der Waals surface area contributed by atoms with Gasteiger partial charge in [-0.3, -0.25) is 0 Å². The van der Waals surface area contributed by atoms with Gasteiger partial charge in [-0.1, -0.05) is 41.9 Å². The summed E-state index contributed by atoms with van der Waals surface area (Å²) in [6, 6.07) is 14.2. The lowest BCUT2D eigenvalue weighted by molar-refractivity contribution is 0.232. The van der Waals surface area contributed by atoms with E-state index in [0.29, 0.717) is 0 Å². The molecule has 1 N–H and O–H groups in total. The molecule has 98 valence electrons. The molecule has 2 aromatic carbocycles. The Bertz CT molecular complexity index is 597. The molecule has 0 spiro atoms. The monoisotopic (exact) mass is 273 g/mol. The van der Waals surface area contributed by atoms with Gasteiger partial charge in [0.25, 0.3) is 0 Å². The van der Waals surface area contributed by atoms with Crippen LogP contribution < -0.4 is 10.1 Å². The lowest BCUT2D eigenvalue weighted by Gasteiger charge is -2.12. The first-order chi connectivity index (χ1) is 9.28. The molecule has 0 saturated heterocycles. The van der Waals surface area contributed by atoms with Gasteiger partial charge in [-0.15, -0.1) is 0 Å². The number of para-hydroxylation sites is 1. The van der Waals surface area contributed by atoms with E-state index in [2.05, 4.69) is 29.6 Å². The number of halogens is 1. The number of fused-ring (bicyclic) bond motifs is 1. The van der Waals surface area contributed by atoms with Gasteiger partial charge >= 0.3 is 0 Å². The van der Waals surface area contributed by atoms with Crippen LogP contribution in [0.25, 0.3) is 11.1 Å². The van der Waals surface area contributed by atoms with E-state index in [1.807, 2.05) is 25.2 Å². The molecule has 0 amide bonds. The fourth-order valence-corrected chi connectivity index (χ4v) is 2.75. The molecular weight excluding hydrogens is 258 g/mol. The molecule has 2 nitrogen and oxygen atoms in total. The molecule has 0 radical (unpaired) electrons. The van der Waals surface area contributed by atoms with Crippen molar-refractivity contribution in [2.75, 3.05) is 13.6 Å². The van der Waals surface area contributed by atoms with E-state index in [0.717, 1.165) is 34.9 Å². The maximum atomic E-state index is 6.07. The molecule has 0 unspecified atom stereocenters. The number of likely N-dealkylation sites (N-methyl/N-ethyl adjacent to an activating group) is 1. The fourth-order valence-electron chi connectivity index (χ4n) is 2.56. The van der Waals surface area contributed by atoms with Crippen LogP contribution in [0.2, 0.25) is 5.02 Å². The average Bonchev–Trinajstić information content (AvgIpc) is 2.81. The van der Waals surface area contributed by atoms with Crippen molar-refractivity contribution >= 4 is 11.6 Å². The van der Waals surface area contributed by atoms with Crippen LogP contribution >= 0.6 is 11.6 Å². The second-order valence-corrected chi connectivity index (χ2v) is 5.24. The number of hydrogen-bond acceptors (Lipinski definition) is 2. The van der Waals surface area contributed by atoms with Crippen LogP contribution in [0.4, 0.5) is 0 Å². The van der Waals surface area contributed by atoms with Gasteiger partial charge < -0.3 is 10.1 Å². The quantitative estimate of drug-likeness (QED) is 0.924. The van der Waals surface area contributed by atoms with Crippen molar-refractivity contribution in [2.24, 2.45) is 0 Å². The van der Waals surface area contributed by atoms with Crippen LogP contribution in [0.5, 0.6) is 5.75 Å². The first-order valence-electron chi connectivity index (χ1n) is 6.47. The third-order valence-electron chi connectivity index (χ3n) is 3.40. The first-order valence-corrected chi connectivity index (χ1v) is 6.85. The van der Waals surface area contributed by atoms with E-state index >= 15 is 0 Å². The van der Waals surface area contributed by atoms with Crippen LogP contribution in [0.3, 0.4) is 0 Å². The molecule has 0 bridgehead atoms. The first kappa shape index (κ1) is 12.5. The standard InChI is InChI=1S/C16H16ClNO/c1-18-10-14-9-12-5-3-7-15(16(12)19-14)11-4-2-6-13(17)8-11/h2-8,14,18H,9-10H2,1H3/t14-/m1/s1. The number of nitrogens with one attached hydrogen (secondary N) is 1. The van der Waals surface area contributed by atoms with E-state index in [1.54, 1.807) is 0 Å².